The highest BCUT2D eigenvalue weighted by molar-refractivity contribution is 5.76. The van der Waals surface area contributed by atoms with E-state index in [0.29, 0.717) is 19.6 Å². The second kappa shape index (κ2) is 7.33. The van der Waals surface area contributed by atoms with Crippen LogP contribution >= 0.6 is 0 Å². The molecule has 1 heterocycles. The van der Waals surface area contributed by atoms with E-state index in [-0.39, 0.29) is 18.4 Å². The third kappa shape index (κ3) is 5.06. The summed E-state index contributed by atoms with van der Waals surface area (Å²) < 4.78 is 0. The molecular formula is C13H25N3O3. The van der Waals surface area contributed by atoms with E-state index in [0.717, 1.165) is 19.5 Å². The molecule has 6 heteroatoms. The quantitative estimate of drug-likeness (QED) is 0.743. The van der Waals surface area contributed by atoms with Crippen molar-refractivity contribution in [3.05, 3.63) is 0 Å². The van der Waals surface area contributed by atoms with E-state index < -0.39 is 5.97 Å². The van der Waals surface area contributed by atoms with Crippen molar-refractivity contribution in [2.24, 2.45) is 5.92 Å². The normalized spacial score (nSPS) is 15.5. The van der Waals surface area contributed by atoms with Crippen molar-refractivity contribution in [3.63, 3.8) is 0 Å². The summed E-state index contributed by atoms with van der Waals surface area (Å²) in [5.41, 5.74) is 0. The van der Waals surface area contributed by atoms with E-state index in [9.17, 15) is 9.59 Å². The number of hydrogen-bond donors (Lipinski definition) is 1. The molecule has 0 radical (unpaired) electrons. The standard InChI is InChI=1S/C13H25N3O3/c1-4-15(7-5-6-14(2)3)13(19)16-9-11(10-16)8-12(17)18/h11H,4-10H2,1-3H3,(H,17,18). The van der Waals surface area contributed by atoms with Crippen molar-refractivity contribution in [1.82, 2.24) is 14.7 Å². The van der Waals surface area contributed by atoms with E-state index in [1.54, 1.807) is 4.90 Å². The summed E-state index contributed by atoms with van der Waals surface area (Å²) in [6.07, 6.45) is 1.12. The fourth-order valence-corrected chi connectivity index (χ4v) is 2.27. The van der Waals surface area contributed by atoms with Gasteiger partial charge in [0.1, 0.15) is 0 Å². The van der Waals surface area contributed by atoms with Gasteiger partial charge in [-0.05, 0) is 34.0 Å². The van der Waals surface area contributed by atoms with Crippen LogP contribution in [0.25, 0.3) is 0 Å². The second-order valence-electron chi connectivity index (χ2n) is 5.39. The lowest BCUT2D eigenvalue weighted by atomic mass is 9.97. The number of carboxylic acid groups (broad SMARTS) is 1. The lowest BCUT2D eigenvalue weighted by Gasteiger charge is -2.41. The summed E-state index contributed by atoms with van der Waals surface area (Å²) >= 11 is 0. The Kier molecular flexibility index (Phi) is 6.08. The van der Waals surface area contributed by atoms with E-state index in [1.165, 1.54) is 0 Å². The molecule has 1 fully saturated rings. The van der Waals surface area contributed by atoms with Crippen LogP contribution in [0, 0.1) is 5.92 Å². The Morgan fingerprint density at radius 2 is 1.89 bits per heavy atom. The molecule has 0 aliphatic carbocycles. The predicted molar refractivity (Wildman–Crippen MR) is 73.1 cm³/mol. The van der Waals surface area contributed by atoms with Crippen LogP contribution in [-0.4, -0.2) is 78.6 Å². The predicted octanol–water partition coefficient (Wildman–Crippen LogP) is 0.786. The largest absolute Gasteiger partial charge is 0.481 e. The molecule has 1 aliphatic heterocycles. The fourth-order valence-electron chi connectivity index (χ4n) is 2.27. The molecule has 0 saturated carbocycles. The molecule has 0 aromatic carbocycles. The van der Waals surface area contributed by atoms with Crippen molar-refractivity contribution in [1.29, 1.82) is 0 Å². The van der Waals surface area contributed by atoms with Gasteiger partial charge in [-0.1, -0.05) is 0 Å². The molecule has 0 bridgehead atoms. The van der Waals surface area contributed by atoms with Crippen molar-refractivity contribution in [2.75, 3.05) is 46.8 Å². The number of amides is 2. The van der Waals surface area contributed by atoms with E-state index in [4.69, 9.17) is 5.11 Å². The zero-order valence-corrected chi connectivity index (χ0v) is 12.1. The summed E-state index contributed by atoms with van der Waals surface area (Å²) in [4.78, 5) is 28.4. The number of carboxylic acids is 1. The molecule has 0 aromatic heterocycles. The zero-order chi connectivity index (χ0) is 14.4. The SMILES string of the molecule is CCN(CCCN(C)C)C(=O)N1CC(CC(=O)O)C1. The number of aliphatic carboxylic acids is 1. The van der Waals surface area contributed by atoms with Gasteiger partial charge in [-0.15, -0.1) is 0 Å². The van der Waals surface area contributed by atoms with Crippen LogP contribution in [0.2, 0.25) is 0 Å². The Labute approximate surface area is 115 Å². The first-order valence-corrected chi connectivity index (χ1v) is 6.84. The molecule has 1 saturated heterocycles. The first-order chi connectivity index (χ1) is 8.93. The average molecular weight is 271 g/mol. The van der Waals surface area contributed by atoms with Crippen molar-refractivity contribution in [2.45, 2.75) is 19.8 Å². The lowest BCUT2D eigenvalue weighted by Crippen LogP contribution is -2.55. The Morgan fingerprint density at radius 1 is 1.26 bits per heavy atom. The maximum absolute atomic E-state index is 12.2. The Bertz CT molecular complexity index is 314. The molecule has 1 rings (SSSR count). The van der Waals surface area contributed by atoms with Crippen molar-refractivity contribution < 1.29 is 14.7 Å². The average Bonchev–Trinajstić information content (AvgIpc) is 2.27. The van der Waals surface area contributed by atoms with E-state index in [2.05, 4.69) is 4.90 Å². The maximum atomic E-state index is 12.2. The number of nitrogens with zero attached hydrogens (tertiary/aromatic N) is 3. The first-order valence-electron chi connectivity index (χ1n) is 6.84. The minimum atomic E-state index is -0.782. The number of rotatable bonds is 7. The van der Waals surface area contributed by atoms with Gasteiger partial charge >= 0.3 is 12.0 Å². The van der Waals surface area contributed by atoms with Gasteiger partial charge in [0, 0.05) is 32.1 Å². The number of carbonyl (C=O) groups is 2. The highest BCUT2D eigenvalue weighted by Gasteiger charge is 2.33. The van der Waals surface area contributed by atoms with Crippen LogP contribution in [0.1, 0.15) is 19.8 Å². The van der Waals surface area contributed by atoms with E-state index in [1.807, 2.05) is 25.9 Å². The summed E-state index contributed by atoms with van der Waals surface area (Å²) in [5.74, 6) is -0.655. The maximum Gasteiger partial charge on any atom is 0.320 e. The van der Waals surface area contributed by atoms with Crippen molar-refractivity contribution in [3.8, 4) is 0 Å². The number of hydrogen-bond acceptors (Lipinski definition) is 3. The lowest BCUT2D eigenvalue weighted by molar-refractivity contribution is -0.139. The van der Waals surface area contributed by atoms with Crippen LogP contribution in [-0.2, 0) is 4.79 Å². The summed E-state index contributed by atoms with van der Waals surface area (Å²) in [6, 6.07) is 0.0443. The number of likely N-dealkylation sites (tertiary alicyclic amines) is 1. The smallest absolute Gasteiger partial charge is 0.320 e. The molecule has 19 heavy (non-hydrogen) atoms. The minimum Gasteiger partial charge on any atom is -0.481 e. The molecule has 2 amide bonds. The fraction of sp³-hybridized carbons (Fsp3) is 0.846. The highest BCUT2D eigenvalue weighted by Crippen LogP contribution is 2.20. The summed E-state index contributed by atoms with van der Waals surface area (Å²) in [6.45, 7) is 5.55. The van der Waals surface area contributed by atoms with Gasteiger partial charge in [0.25, 0.3) is 0 Å². The molecule has 1 aliphatic rings. The van der Waals surface area contributed by atoms with Gasteiger partial charge in [0.2, 0.25) is 0 Å². The Balaban J connectivity index is 2.29. The number of urea groups is 1. The monoisotopic (exact) mass is 271 g/mol. The van der Waals surface area contributed by atoms with Gasteiger partial charge < -0.3 is 19.8 Å². The zero-order valence-electron chi connectivity index (χ0n) is 12.1. The first kappa shape index (κ1) is 15.8. The molecule has 110 valence electrons. The van der Waals surface area contributed by atoms with Gasteiger partial charge in [-0.2, -0.15) is 0 Å². The molecule has 0 unspecified atom stereocenters. The van der Waals surface area contributed by atoms with E-state index >= 15 is 0 Å². The third-order valence-electron chi connectivity index (χ3n) is 3.38. The van der Waals surface area contributed by atoms with Crippen LogP contribution in [0.5, 0.6) is 0 Å². The Hall–Kier alpha value is -1.30. The van der Waals surface area contributed by atoms with Gasteiger partial charge in [0.05, 0.1) is 6.42 Å². The van der Waals surface area contributed by atoms with Crippen molar-refractivity contribution >= 4 is 12.0 Å². The second-order valence-corrected chi connectivity index (χ2v) is 5.39. The molecule has 0 spiro atoms. The van der Waals surface area contributed by atoms with Gasteiger partial charge in [0.15, 0.2) is 0 Å². The summed E-state index contributed by atoms with van der Waals surface area (Å²) in [7, 11) is 4.04. The molecule has 6 nitrogen and oxygen atoms in total. The van der Waals surface area contributed by atoms with Crippen LogP contribution in [0.15, 0.2) is 0 Å². The van der Waals surface area contributed by atoms with Crippen LogP contribution in [0.3, 0.4) is 0 Å². The summed E-state index contributed by atoms with van der Waals surface area (Å²) in [5, 5.41) is 8.68. The Morgan fingerprint density at radius 3 is 2.37 bits per heavy atom. The number of carbonyl (C=O) groups excluding carboxylic acids is 1. The van der Waals surface area contributed by atoms with Crippen LogP contribution < -0.4 is 0 Å². The van der Waals surface area contributed by atoms with Gasteiger partial charge in [-0.3, -0.25) is 4.79 Å². The van der Waals surface area contributed by atoms with Gasteiger partial charge in [-0.25, -0.2) is 4.79 Å². The topological polar surface area (TPSA) is 64.1 Å². The third-order valence-corrected chi connectivity index (χ3v) is 3.38. The minimum absolute atomic E-state index is 0.0443. The molecule has 0 atom stereocenters. The molecule has 1 N–H and O–H groups in total. The van der Waals surface area contributed by atoms with Crippen LogP contribution in [0.4, 0.5) is 4.79 Å². The highest BCUT2D eigenvalue weighted by atomic mass is 16.4. The molecule has 0 aromatic rings. The molecular weight excluding hydrogens is 246 g/mol.